The van der Waals surface area contributed by atoms with E-state index in [-0.39, 0.29) is 0 Å². The van der Waals surface area contributed by atoms with Crippen molar-refractivity contribution in [3.63, 3.8) is 0 Å². The number of fused-ring (bicyclic) bond motifs is 6. The van der Waals surface area contributed by atoms with Crippen molar-refractivity contribution in [1.29, 1.82) is 0 Å². The van der Waals surface area contributed by atoms with Gasteiger partial charge in [0.05, 0.1) is 12.3 Å². The Balaban J connectivity index is 1.31. The molecule has 1 aliphatic carbocycles. The highest BCUT2D eigenvalue weighted by molar-refractivity contribution is 6.15. The van der Waals surface area contributed by atoms with Crippen molar-refractivity contribution in [2.24, 2.45) is 10.7 Å². The minimum Gasteiger partial charge on any atom is -0.456 e. The summed E-state index contributed by atoms with van der Waals surface area (Å²) in [5.74, 6) is 0. The van der Waals surface area contributed by atoms with E-state index in [4.69, 9.17) is 15.1 Å². The number of hydrogen-bond acceptors (Lipinski definition) is 3. The molecule has 1 aromatic heterocycles. The molecule has 0 fully saturated rings. The van der Waals surface area contributed by atoms with Gasteiger partial charge in [0, 0.05) is 22.0 Å². The van der Waals surface area contributed by atoms with E-state index in [0.717, 1.165) is 45.2 Å². The first-order chi connectivity index (χ1) is 18.7. The topological polar surface area (TPSA) is 51.5 Å². The maximum Gasteiger partial charge on any atom is 0.135 e. The molecule has 0 saturated heterocycles. The molecule has 3 heteroatoms. The van der Waals surface area contributed by atoms with Crippen LogP contribution in [0, 0.1) is 0 Å². The lowest BCUT2D eigenvalue weighted by Crippen LogP contribution is -2.04. The maximum atomic E-state index is 6.57. The summed E-state index contributed by atoms with van der Waals surface area (Å²) in [6.45, 7) is 0.563. The predicted octanol–water partition coefficient (Wildman–Crippen LogP) is 8.15. The summed E-state index contributed by atoms with van der Waals surface area (Å²) in [6, 6.07) is 39.8. The smallest absolute Gasteiger partial charge is 0.135 e. The van der Waals surface area contributed by atoms with E-state index >= 15 is 0 Å². The largest absolute Gasteiger partial charge is 0.456 e. The Morgan fingerprint density at radius 2 is 1.45 bits per heavy atom. The number of furan rings is 1. The molecule has 38 heavy (non-hydrogen) atoms. The lowest BCUT2D eigenvalue weighted by Gasteiger charge is -2.08. The molecule has 0 amide bonds. The Labute approximate surface area is 221 Å². The van der Waals surface area contributed by atoms with E-state index in [1.54, 1.807) is 0 Å². The normalized spacial score (nSPS) is 13.2. The third-order valence-electron chi connectivity index (χ3n) is 7.37. The Morgan fingerprint density at radius 3 is 2.37 bits per heavy atom. The number of hydrogen-bond donors (Lipinski definition) is 1. The van der Waals surface area contributed by atoms with Crippen molar-refractivity contribution in [3.05, 3.63) is 149 Å². The van der Waals surface area contributed by atoms with Gasteiger partial charge in [-0.2, -0.15) is 0 Å². The van der Waals surface area contributed by atoms with Crippen molar-refractivity contribution in [2.75, 3.05) is 0 Å². The molecule has 1 heterocycles. The Morgan fingerprint density at radius 1 is 0.684 bits per heavy atom. The molecule has 1 aliphatic rings. The third kappa shape index (κ3) is 3.99. The van der Waals surface area contributed by atoms with Gasteiger partial charge in [0.15, 0.2) is 0 Å². The molecule has 0 saturated carbocycles. The van der Waals surface area contributed by atoms with E-state index in [0.29, 0.717) is 12.2 Å². The summed E-state index contributed by atoms with van der Waals surface area (Å²) in [7, 11) is 0. The van der Waals surface area contributed by atoms with Gasteiger partial charge in [-0.3, -0.25) is 4.99 Å². The zero-order valence-electron chi connectivity index (χ0n) is 20.9. The van der Waals surface area contributed by atoms with E-state index in [1.165, 1.54) is 27.8 Å². The van der Waals surface area contributed by atoms with Gasteiger partial charge < -0.3 is 10.2 Å². The molecular weight excluding hydrogens is 464 g/mol. The van der Waals surface area contributed by atoms with Gasteiger partial charge in [-0.25, -0.2) is 0 Å². The summed E-state index contributed by atoms with van der Waals surface area (Å²) in [6.07, 6.45) is 2.98. The van der Waals surface area contributed by atoms with E-state index < -0.39 is 0 Å². The molecule has 182 valence electrons. The zero-order valence-corrected chi connectivity index (χ0v) is 20.9. The fourth-order valence-corrected chi connectivity index (χ4v) is 5.41. The molecule has 0 aliphatic heterocycles. The monoisotopic (exact) mass is 490 g/mol. The number of benzene rings is 5. The average Bonchev–Trinajstić information content (AvgIpc) is 3.53. The van der Waals surface area contributed by atoms with Crippen molar-refractivity contribution < 1.29 is 4.42 Å². The number of nitrogens with two attached hydrogens (primary N) is 1. The quantitative estimate of drug-likeness (QED) is 0.248. The van der Waals surface area contributed by atoms with Crippen LogP contribution in [0.2, 0.25) is 0 Å². The summed E-state index contributed by atoms with van der Waals surface area (Å²) in [5, 5.41) is 2.17. The second-order valence-corrected chi connectivity index (χ2v) is 9.80. The van der Waals surface area contributed by atoms with Crippen molar-refractivity contribution >= 4 is 33.3 Å². The Hall–Kier alpha value is -4.89. The first-order valence-electron chi connectivity index (χ1n) is 12.9. The highest BCUT2D eigenvalue weighted by Crippen LogP contribution is 2.37. The molecule has 0 unspecified atom stereocenters. The van der Waals surface area contributed by atoms with Gasteiger partial charge >= 0.3 is 0 Å². The highest BCUT2D eigenvalue weighted by atomic mass is 16.3. The van der Waals surface area contributed by atoms with Crippen LogP contribution >= 0.6 is 0 Å². The minimum atomic E-state index is 0.563. The van der Waals surface area contributed by atoms with Gasteiger partial charge in [-0.05, 0) is 76.2 Å². The zero-order chi connectivity index (χ0) is 25.5. The molecule has 0 radical (unpaired) electrons. The second kappa shape index (κ2) is 9.20. The predicted molar refractivity (Wildman–Crippen MR) is 157 cm³/mol. The molecular formula is C35H26N2O. The van der Waals surface area contributed by atoms with Crippen LogP contribution in [0.4, 0.5) is 0 Å². The Kier molecular flexibility index (Phi) is 5.41. The first-order valence-corrected chi connectivity index (χ1v) is 12.9. The third-order valence-corrected chi connectivity index (χ3v) is 7.37. The number of aliphatic imine (C=N–C) groups is 1. The van der Waals surface area contributed by atoms with E-state index in [1.807, 2.05) is 60.7 Å². The van der Waals surface area contributed by atoms with Gasteiger partial charge in [-0.15, -0.1) is 0 Å². The number of rotatable bonds is 5. The SMILES string of the molecule is N/C(=C\C(=NCc1ccc2c(c1)-c1ccccc1C2)c1ccc2oc3ccccc3c2c1)c1ccccc1. The van der Waals surface area contributed by atoms with Crippen LogP contribution in [-0.4, -0.2) is 5.71 Å². The summed E-state index contributed by atoms with van der Waals surface area (Å²) < 4.78 is 6.06. The molecule has 0 spiro atoms. The Bertz CT molecular complexity index is 1880. The summed E-state index contributed by atoms with van der Waals surface area (Å²) in [5.41, 5.74) is 18.4. The van der Waals surface area contributed by atoms with Crippen LogP contribution in [0.3, 0.4) is 0 Å². The lowest BCUT2D eigenvalue weighted by molar-refractivity contribution is 0.669. The fraction of sp³-hybridized carbons (Fsp3) is 0.0571. The molecule has 7 rings (SSSR count). The molecule has 2 N–H and O–H groups in total. The maximum absolute atomic E-state index is 6.57. The standard InChI is InChI=1S/C35H26N2O/c36-32(24-8-2-1-3-9-24)21-33(27-16-17-35-31(20-27)29-12-6-7-13-34(29)38-35)37-22-23-14-15-26-19-25-10-4-5-11-28(25)30(26)18-23/h1-18,20-21H,19,22,36H2/b32-21-,37-33?. The number of para-hydroxylation sites is 1. The molecule has 5 aromatic carbocycles. The van der Waals surface area contributed by atoms with Gasteiger partial charge in [-0.1, -0.05) is 84.9 Å². The van der Waals surface area contributed by atoms with Gasteiger partial charge in [0.25, 0.3) is 0 Å². The molecule has 0 bridgehead atoms. The van der Waals surface area contributed by atoms with Crippen molar-refractivity contribution in [2.45, 2.75) is 13.0 Å². The van der Waals surface area contributed by atoms with Crippen LogP contribution in [0.15, 0.2) is 131 Å². The lowest BCUT2D eigenvalue weighted by atomic mass is 10.0. The van der Waals surface area contributed by atoms with Crippen molar-refractivity contribution in [1.82, 2.24) is 0 Å². The number of nitrogens with zero attached hydrogens (tertiary/aromatic N) is 1. The van der Waals surface area contributed by atoms with Crippen LogP contribution < -0.4 is 5.73 Å². The average molecular weight is 491 g/mol. The molecule has 0 atom stereocenters. The summed E-state index contributed by atoms with van der Waals surface area (Å²) in [4.78, 5) is 5.11. The van der Waals surface area contributed by atoms with Crippen LogP contribution in [-0.2, 0) is 13.0 Å². The molecule has 3 nitrogen and oxygen atoms in total. The first kappa shape index (κ1) is 22.3. The highest BCUT2D eigenvalue weighted by Gasteiger charge is 2.18. The van der Waals surface area contributed by atoms with Gasteiger partial charge in [0.1, 0.15) is 11.2 Å². The second-order valence-electron chi connectivity index (χ2n) is 9.80. The van der Waals surface area contributed by atoms with Crippen LogP contribution in [0.25, 0.3) is 38.8 Å². The van der Waals surface area contributed by atoms with Crippen LogP contribution in [0.5, 0.6) is 0 Å². The van der Waals surface area contributed by atoms with Crippen LogP contribution in [0.1, 0.15) is 27.8 Å². The summed E-state index contributed by atoms with van der Waals surface area (Å²) >= 11 is 0. The van der Waals surface area contributed by atoms with Gasteiger partial charge in [0.2, 0.25) is 0 Å². The number of allylic oxidation sites excluding steroid dienone is 1. The minimum absolute atomic E-state index is 0.563. The fourth-order valence-electron chi connectivity index (χ4n) is 5.41. The molecule has 6 aromatic rings. The van der Waals surface area contributed by atoms with Crippen molar-refractivity contribution in [3.8, 4) is 11.1 Å². The van der Waals surface area contributed by atoms with E-state index in [9.17, 15) is 0 Å². The van der Waals surface area contributed by atoms with E-state index in [2.05, 4.69) is 60.7 Å².